The largest absolute Gasteiger partial charge is 0.474 e. The van der Waals surface area contributed by atoms with E-state index in [1.807, 2.05) is 23.1 Å². The molecule has 1 amide bonds. The van der Waals surface area contributed by atoms with Crippen LogP contribution in [0.15, 0.2) is 55.4 Å². The molecule has 4 unspecified atom stereocenters. The van der Waals surface area contributed by atoms with E-state index in [0.29, 0.717) is 24.9 Å². The van der Waals surface area contributed by atoms with Crippen LogP contribution in [0.1, 0.15) is 42.7 Å². The van der Waals surface area contributed by atoms with Crippen molar-refractivity contribution in [3.8, 4) is 5.88 Å². The molecule has 188 valence electrons. The van der Waals surface area contributed by atoms with Gasteiger partial charge in [0.2, 0.25) is 17.7 Å². The lowest BCUT2D eigenvalue weighted by Gasteiger charge is -2.35. The number of anilines is 1. The molecule has 0 spiro atoms. The molecule has 2 N–H and O–H groups in total. The first-order valence-electron chi connectivity index (χ1n) is 12.6. The molecule has 8 nitrogen and oxygen atoms in total. The number of hydrogen-bond acceptors (Lipinski definition) is 7. The SMILES string of the molecule is C=CC(=O)N1CCC(c2cc(CC3CCC(Oc4ccccn4)CC3OC)cc3cnc(N)nc23)C1. The minimum atomic E-state index is -0.0280. The zero-order chi connectivity index (χ0) is 25.1. The Morgan fingerprint density at radius 1 is 1.25 bits per heavy atom. The van der Waals surface area contributed by atoms with Gasteiger partial charge in [0.15, 0.2) is 0 Å². The first-order valence-corrected chi connectivity index (χ1v) is 12.6. The van der Waals surface area contributed by atoms with Crippen molar-refractivity contribution in [3.63, 3.8) is 0 Å². The van der Waals surface area contributed by atoms with Crippen LogP contribution in [0.2, 0.25) is 0 Å². The normalized spacial score (nSPS) is 24.1. The number of pyridine rings is 1. The number of benzene rings is 1. The summed E-state index contributed by atoms with van der Waals surface area (Å²) in [6.45, 7) is 5.01. The van der Waals surface area contributed by atoms with E-state index < -0.39 is 0 Å². The van der Waals surface area contributed by atoms with E-state index >= 15 is 0 Å². The zero-order valence-corrected chi connectivity index (χ0v) is 20.7. The van der Waals surface area contributed by atoms with Crippen LogP contribution in [0.5, 0.6) is 5.88 Å². The number of nitrogen functional groups attached to an aromatic ring is 1. The van der Waals surface area contributed by atoms with Gasteiger partial charge in [0.25, 0.3) is 0 Å². The van der Waals surface area contributed by atoms with E-state index in [2.05, 4.69) is 33.7 Å². The molecule has 2 aliphatic rings. The molecule has 2 aromatic heterocycles. The molecule has 1 aliphatic heterocycles. The van der Waals surface area contributed by atoms with E-state index in [9.17, 15) is 4.79 Å². The molecule has 0 radical (unpaired) electrons. The number of carbonyl (C=O) groups excluding carboxylic acids is 1. The maximum atomic E-state index is 12.2. The number of aromatic nitrogens is 3. The standard InChI is InChI=1S/C28H33N5O3/c1-3-26(34)33-11-9-20(17-33)23-14-18(13-21-16-31-28(29)32-27(21)23)12-19-7-8-22(15-24(19)35-2)36-25-6-4-5-10-30-25/h3-6,10,13-14,16,19-20,22,24H,1,7-9,11-12,15,17H2,2H3,(H2,29,31,32). The highest BCUT2D eigenvalue weighted by Gasteiger charge is 2.33. The van der Waals surface area contributed by atoms with Crippen LogP contribution in [0.25, 0.3) is 10.9 Å². The van der Waals surface area contributed by atoms with Crippen molar-refractivity contribution in [3.05, 3.63) is 66.5 Å². The van der Waals surface area contributed by atoms with Gasteiger partial charge in [0.1, 0.15) is 6.10 Å². The molecule has 8 heteroatoms. The third kappa shape index (κ3) is 5.18. The van der Waals surface area contributed by atoms with Crippen LogP contribution in [0.3, 0.4) is 0 Å². The highest BCUT2D eigenvalue weighted by Crippen LogP contribution is 2.36. The van der Waals surface area contributed by atoms with Crippen molar-refractivity contribution < 1.29 is 14.3 Å². The second-order valence-electron chi connectivity index (χ2n) is 9.78. The lowest BCUT2D eigenvalue weighted by Crippen LogP contribution is -2.37. The number of amides is 1. The fourth-order valence-corrected chi connectivity index (χ4v) is 5.70. The minimum absolute atomic E-state index is 0.0280. The van der Waals surface area contributed by atoms with Gasteiger partial charge in [-0.2, -0.15) is 0 Å². The topological polar surface area (TPSA) is 103 Å². The number of nitrogens with zero attached hydrogens (tertiary/aromatic N) is 4. The number of carbonyl (C=O) groups is 1. The highest BCUT2D eigenvalue weighted by molar-refractivity contribution is 5.88. The van der Waals surface area contributed by atoms with E-state index in [1.165, 1.54) is 11.6 Å². The molecule has 4 atom stereocenters. The van der Waals surface area contributed by atoms with Gasteiger partial charge in [-0.15, -0.1) is 0 Å². The minimum Gasteiger partial charge on any atom is -0.474 e. The van der Waals surface area contributed by atoms with E-state index in [4.69, 9.17) is 15.2 Å². The smallest absolute Gasteiger partial charge is 0.245 e. The van der Waals surface area contributed by atoms with Crippen molar-refractivity contribution in [1.29, 1.82) is 0 Å². The molecular weight excluding hydrogens is 454 g/mol. The Kier molecular flexibility index (Phi) is 7.13. The summed E-state index contributed by atoms with van der Waals surface area (Å²) in [4.78, 5) is 27.2. The van der Waals surface area contributed by atoms with E-state index in [0.717, 1.165) is 48.6 Å². The first-order chi connectivity index (χ1) is 17.5. The lowest BCUT2D eigenvalue weighted by atomic mass is 9.80. The Balaban J connectivity index is 1.36. The quantitative estimate of drug-likeness (QED) is 0.504. The summed E-state index contributed by atoms with van der Waals surface area (Å²) in [7, 11) is 1.78. The molecule has 3 heterocycles. The molecule has 36 heavy (non-hydrogen) atoms. The summed E-state index contributed by atoms with van der Waals surface area (Å²) >= 11 is 0. The third-order valence-corrected chi connectivity index (χ3v) is 7.51. The maximum absolute atomic E-state index is 12.2. The molecule has 2 fully saturated rings. The number of likely N-dealkylation sites (tertiary alicyclic amines) is 1. The predicted octanol–water partition coefficient (Wildman–Crippen LogP) is 3.91. The fraction of sp³-hybridized carbons (Fsp3) is 0.429. The summed E-state index contributed by atoms with van der Waals surface area (Å²) in [5, 5.41) is 0.978. The molecule has 1 saturated carbocycles. The van der Waals surface area contributed by atoms with Crippen LogP contribution < -0.4 is 10.5 Å². The van der Waals surface area contributed by atoms with Gasteiger partial charge in [-0.25, -0.2) is 15.0 Å². The summed E-state index contributed by atoms with van der Waals surface area (Å²) in [5.74, 6) is 1.47. The second-order valence-corrected chi connectivity index (χ2v) is 9.78. The van der Waals surface area contributed by atoms with Gasteiger partial charge < -0.3 is 20.1 Å². The van der Waals surface area contributed by atoms with Crippen molar-refractivity contribution in [2.75, 3.05) is 25.9 Å². The number of ether oxygens (including phenoxy) is 2. The average Bonchev–Trinajstić information content (AvgIpc) is 3.39. The summed E-state index contributed by atoms with van der Waals surface area (Å²) < 4.78 is 12.1. The van der Waals surface area contributed by atoms with E-state index in [1.54, 1.807) is 19.5 Å². The predicted molar refractivity (Wildman–Crippen MR) is 139 cm³/mol. The molecule has 5 rings (SSSR count). The van der Waals surface area contributed by atoms with Crippen LogP contribution in [-0.4, -0.2) is 58.2 Å². The summed E-state index contributed by atoms with van der Waals surface area (Å²) in [5.41, 5.74) is 9.19. The number of nitrogens with two attached hydrogens (primary N) is 1. The third-order valence-electron chi connectivity index (χ3n) is 7.51. The number of rotatable bonds is 7. The monoisotopic (exact) mass is 487 g/mol. The molecule has 1 aromatic carbocycles. The lowest BCUT2D eigenvalue weighted by molar-refractivity contribution is -0.125. The molecule has 1 aliphatic carbocycles. The Hall–Kier alpha value is -3.52. The maximum Gasteiger partial charge on any atom is 0.245 e. The van der Waals surface area contributed by atoms with Crippen molar-refractivity contribution in [2.24, 2.45) is 5.92 Å². The van der Waals surface area contributed by atoms with Gasteiger partial charge in [-0.1, -0.05) is 18.7 Å². The van der Waals surface area contributed by atoms with Crippen LogP contribution >= 0.6 is 0 Å². The molecular formula is C28H33N5O3. The highest BCUT2D eigenvalue weighted by atomic mass is 16.5. The zero-order valence-electron chi connectivity index (χ0n) is 20.7. The summed E-state index contributed by atoms with van der Waals surface area (Å²) in [6, 6.07) is 10.1. The molecule has 0 bridgehead atoms. The van der Waals surface area contributed by atoms with E-state index in [-0.39, 0.29) is 30.0 Å². The van der Waals surface area contributed by atoms with Gasteiger partial charge in [-0.05, 0) is 60.9 Å². The Labute approximate surface area is 211 Å². The fourth-order valence-electron chi connectivity index (χ4n) is 5.70. The van der Waals surface area contributed by atoms with Crippen molar-refractivity contribution in [2.45, 2.75) is 50.2 Å². The number of hydrogen-bond donors (Lipinski definition) is 1. The summed E-state index contributed by atoms with van der Waals surface area (Å²) in [6.07, 6.45) is 9.71. The van der Waals surface area contributed by atoms with Crippen molar-refractivity contribution in [1.82, 2.24) is 19.9 Å². The second kappa shape index (κ2) is 10.6. The average molecular weight is 488 g/mol. The van der Waals surface area contributed by atoms with Crippen LogP contribution in [0, 0.1) is 5.92 Å². The number of methoxy groups -OCH3 is 1. The van der Waals surface area contributed by atoms with Gasteiger partial charge in [-0.3, -0.25) is 4.79 Å². The van der Waals surface area contributed by atoms with Gasteiger partial charge >= 0.3 is 0 Å². The Morgan fingerprint density at radius 2 is 2.14 bits per heavy atom. The van der Waals surface area contributed by atoms with Crippen molar-refractivity contribution >= 4 is 22.8 Å². The van der Waals surface area contributed by atoms with Crippen LogP contribution in [-0.2, 0) is 16.0 Å². The van der Waals surface area contributed by atoms with Gasteiger partial charge in [0.05, 0.1) is 11.6 Å². The first kappa shape index (κ1) is 24.2. The van der Waals surface area contributed by atoms with Gasteiger partial charge in [0, 0.05) is 56.4 Å². The Bertz CT molecular complexity index is 1230. The Morgan fingerprint density at radius 3 is 2.92 bits per heavy atom. The van der Waals surface area contributed by atoms with Crippen LogP contribution in [0.4, 0.5) is 5.95 Å². The number of fused-ring (bicyclic) bond motifs is 1. The molecule has 3 aromatic rings. The molecule has 1 saturated heterocycles.